The molecule has 4 heteroatoms. The smallest absolute Gasteiger partial charge is 0.123 e. The topological polar surface area (TPSA) is 45.4 Å². The summed E-state index contributed by atoms with van der Waals surface area (Å²) in [6.07, 6.45) is 3.67. The van der Waals surface area contributed by atoms with E-state index in [1.54, 1.807) is 6.26 Å². The predicted molar refractivity (Wildman–Crippen MR) is 74.2 cm³/mol. The molecule has 0 aliphatic heterocycles. The number of halogens is 1. The second-order valence-corrected chi connectivity index (χ2v) is 5.29. The molecular formula is C15H16ClNO2. The van der Waals surface area contributed by atoms with Crippen LogP contribution in [0.25, 0.3) is 0 Å². The van der Waals surface area contributed by atoms with Gasteiger partial charge in [0.15, 0.2) is 0 Å². The van der Waals surface area contributed by atoms with Crippen LogP contribution >= 0.6 is 11.6 Å². The van der Waals surface area contributed by atoms with Gasteiger partial charge in [0.25, 0.3) is 0 Å². The summed E-state index contributed by atoms with van der Waals surface area (Å²) in [6.45, 7) is 0.0208. The van der Waals surface area contributed by atoms with Crippen molar-refractivity contribution in [1.29, 1.82) is 0 Å². The molecule has 100 valence electrons. The zero-order valence-corrected chi connectivity index (χ0v) is 11.2. The van der Waals surface area contributed by atoms with Crippen molar-refractivity contribution in [1.82, 2.24) is 5.32 Å². The summed E-state index contributed by atoms with van der Waals surface area (Å²) in [4.78, 5) is 0. The van der Waals surface area contributed by atoms with Crippen LogP contribution in [0.15, 0.2) is 41.0 Å². The number of aliphatic hydroxyl groups is 1. The lowest BCUT2D eigenvalue weighted by molar-refractivity contribution is 0.214. The first-order valence-electron chi connectivity index (χ1n) is 6.46. The summed E-state index contributed by atoms with van der Waals surface area (Å²) in [5.41, 5.74) is 2.57. The molecule has 1 heterocycles. The molecule has 1 aliphatic rings. The van der Waals surface area contributed by atoms with Gasteiger partial charge in [0, 0.05) is 11.1 Å². The Balaban J connectivity index is 1.79. The third-order valence-electron chi connectivity index (χ3n) is 3.65. The Morgan fingerprint density at radius 2 is 2.32 bits per heavy atom. The van der Waals surface area contributed by atoms with Gasteiger partial charge in [-0.3, -0.25) is 5.32 Å². The summed E-state index contributed by atoms with van der Waals surface area (Å²) in [5, 5.41) is 13.7. The van der Waals surface area contributed by atoms with Crippen molar-refractivity contribution < 1.29 is 9.52 Å². The van der Waals surface area contributed by atoms with Crippen LogP contribution in [0.1, 0.15) is 35.4 Å². The van der Waals surface area contributed by atoms with Crippen molar-refractivity contribution in [2.45, 2.75) is 24.9 Å². The normalized spacial score (nSPS) is 19.4. The minimum atomic E-state index is -0.165. The number of aryl methyl sites for hydroxylation is 1. The van der Waals surface area contributed by atoms with Gasteiger partial charge in [-0.25, -0.2) is 0 Å². The second kappa shape index (κ2) is 5.37. The summed E-state index contributed by atoms with van der Waals surface area (Å²) in [5.74, 6) is 0.768. The fraction of sp³-hybridized carbons (Fsp3) is 0.333. The van der Waals surface area contributed by atoms with Gasteiger partial charge in [0.1, 0.15) is 5.76 Å². The molecule has 1 aromatic carbocycles. The van der Waals surface area contributed by atoms with Crippen LogP contribution in [-0.4, -0.2) is 11.7 Å². The van der Waals surface area contributed by atoms with Crippen LogP contribution in [0.4, 0.5) is 0 Å². The van der Waals surface area contributed by atoms with Crippen LogP contribution in [0.2, 0.25) is 5.02 Å². The molecule has 0 fully saturated rings. The molecule has 19 heavy (non-hydrogen) atoms. The molecule has 0 spiro atoms. The highest BCUT2D eigenvalue weighted by Crippen LogP contribution is 2.34. The van der Waals surface area contributed by atoms with Crippen molar-refractivity contribution in [2.24, 2.45) is 0 Å². The van der Waals surface area contributed by atoms with E-state index in [-0.39, 0.29) is 18.7 Å². The highest BCUT2D eigenvalue weighted by Gasteiger charge is 2.26. The number of benzene rings is 1. The zero-order chi connectivity index (χ0) is 13.2. The Morgan fingerprint density at radius 1 is 1.42 bits per heavy atom. The Bertz CT molecular complexity index is 553. The van der Waals surface area contributed by atoms with E-state index in [9.17, 15) is 5.11 Å². The fourth-order valence-corrected chi connectivity index (χ4v) is 2.91. The van der Waals surface area contributed by atoms with E-state index < -0.39 is 0 Å². The van der Waals surface area contributed by atoms with E-state index in [1.165, 1.54) is 11.1 Å². The summed E-state index contributed by atoms with van der Waals surface area (Å²) in [7, 11) is 0. The molecule has 0 saturated carbocycles. The van der Waals surface area contributed by atoms with Gasteiger partial charge in [-0.15, -0.1) is 0 Å². The third-order valence-corrected chi connectivity index (χ3v) is 3.89. The number of hydrogen-bond acceptors (Lipinski definition) is 3. The minimum absolute atomic E-state index is 0.0208. The summed E-state index contributed by atoms with van der Waals surface area (Å²) < 4.78 is 5.36. The Hall–Kier alpha value is -1.29. The Labute approximate surface area is 117 Å². The van der Waals surface area contributed by atoms with Gasteiger partial charge < -0.3 is 9.52 Å². The van der Waals surface area contributed by atoms with Crippen LogP contribution in [0.5, 0.6) is 0 Å². The fourth-order valence-electron chi connectivity index (χ4n) is 2.72. The highest BCUT2D eigenvalue weighted by atomic mass is 35.5. The van der Waals surface area contributed by atoms with Crippen LogP contribution in [-0.2, 0) is 6.42 Å². The predicted octanol–water partition coefficient (Wildman–Crippen LogP) is 3.24. The number of fused-ring (bicyclic) bond motifs is 1. The molecule has 2 N–H and O–H groups in total. The lowest BCUT2D eigenvalue weighted by Gasteiger charge is -2.20. The molecule has 3 nitrogen and oxygen atoms in total. The van der Waals surface area contributed by atoms with Crippen molar-refractivity contribution in [3.63, 3.8) is 0 Å². The van der Waals surface area contributed by atoms with Crippen LogP contribution < -0.4 is 5.32 Å². The van der Waals surface area contributed by atoms with Crippen molar-refractivity contribution in [2.75, 3.05) is 6.61 Å². The monoisotopic (exact) mass is 277 g/mol. The van der Waals surface area contributed by atoms with Gasteiger partial charge in [-0.1, -0.05) is 17.7 Å². The first-order valence-corrected chi connectivity index (χ1v) is 6.84. The highest BCUT2D eigenvalue weighted by molar-refractivity contribution is 6.30. The SMILES string of the molecule is OCC(NC1CCc2cc(Cl)ccc21)c1ccco1. The van der Waals surface area contributed by atoms with E-state index in [1.807, 2.05) is 24.3 Å². The van der Waals surface area contributed by atoms with Gasteiger partial charge in [0.05, 0.1) is 18.9 Å². The van der Waals surface area contributed by atoms with Crippen molar-refractivity contribution in [3.05, 3.63) is 58.5 Å². The molecule has 3 rings (SSSR count). The minimum Gasteiger partial charge on any atom is -0.468 e. The second-order valence-electron chi connectivity index (χ2n) is 4.85. The molecule has 1 aromatic heterocycles. The van der Waals surface area contributed by atoms with E-state index in [2.05, 4.69) is 11.4 Å². The lowest BCUT2D eigenvalue weighted by Crippen LogP contribution is -2.27. The largest absolute Gasteiger partial charge is 0.468 e. The number of rotatable bonds is 4. The number of furan rings is 1. The molecule has 2 atom stereocenters. The maximum absolute atomic E-state index is 9.51. The summed E-state index contributed by atoms with van der Waals surface area (Å²) in [6, 6.07) is 9.81. The van der Waals surface area contributed by atoms with Crippen molar-refractivity contribution >= 4 is 11.6 Å². The average Bonchev–Trinajstić information content (AvgIpc) is 3.05. The van der Waals surface area contributed by atoms with Crippen LogP contribution in [0.3, 0.4) is 0 Å². The van der Waals surface area contributed by atoms with Crippen molar-refractivity contribution in [3.8, 4) is 0 Å². The van der Waals surface area contributed by atoms with Gasteiger partial charge in [0.2, 0.25) is 0 Å². The molecule has 0 saturated heterocycles. The number of aliphatic hydroxyl groups excluding tert-OH is 1. The third kappa shape index (κ3) is 2.54. The molecule has 2 aromatic rings. The van der Waals surface area contributed by atoms with Gasteiger partial charge in [-0.05, 0) is 48.2 Å². The number of hydrogen-bond donors (Lipinski definition) is 2. The van der Waals surface area contributed by atoms with Gasteiger partial charge in [-0.2, -0.15) is 0 Å². The standard InChI is InChI=1S/C15H16ClNO2/c16-11-4-5-12-10(8-11)3-6-13(12)17-14(9-18)15-2-1-7-19-15/h1-2,4-5,7-8,13-14,17-18H,3,6,9H2. The molecule has 2 unspecified atom stereocenters. The number of nitrogens with one attached hydrogen (secondary N) is 1. The maximum Gasteiger partial charge on any atom is 0.123 e. The summed E-state index contributed by atoms with van der Waals surface area (Å²) >= 11 is 6.01. The Kier molecular flexibility index (Phi) is 3.60. The quantitative estimate of drug-likeness (QED) is 0.902. The van der Waals surface area contributed by atoms with Gasteiger partial charge >= 0.3 is 0 Å². The van der Waals surface area contributed by atoms with E-state index >= 15 is 0 Å². The lowest BCUT2D eigenvalue weighted by atomic mass is 10.1. The molecule has 0 radical (unpaired) electrons. The Morgan fingerprint density at radius 3 is 3.05 bits per heavy atom. The zero-order valence-electron chi connectivity index (χ0n) is 10.5. The van der Waals surface area contributed by atoms with E-state index in [0.29, 0.717) is 0 Å². The average molecular weight is 278 g/mol. The van der Waals surface area contributed by atoms with E-state index in [0.717, 1.165) is 23.6 Å². The maximum atomic E-state index is 9.51. The molecule has 1 aliphatic carbocycles. The first-order chi connectivity index (χ1) is 9.28. The van der Waals surface area contributed by atoms with Crippen LogP contribution in [0, 0.1) is 0 Å². The molecule has 0 bridgehead atoms. The first kappa shape index (κ1) is 12.7. The molecule has 0 amide bonds. The van der Waals surface area contributed by atoms with E-state index in [4.69, 9.17) is 16.0 Å². The molecular weight excluding hydrogens is 262 g/mol.